The minimum absolute atomic E-state index is 0.171. The zero-order valence-electron chi connectivity index (χ0n) is 17.1. The van der Waals surface area contributed by atoms with Gasteiger partial charge in [-0.15, -0.1) is 0 Å². The Kier molecular flexibility index (Phi) is 7.89. The highest BCUT2D eigenvalue weighted by Gasteiger charge is 2.94. The first-order valence-corrected chi connectivity index (χ1v) is 9.32. The Morgan fingerprint density at radius 2 is 0.667 bits per heavy atom. The molecule has 2 heterocycles. The molecule has 2 fully saturated rings. The lowest BCUT2D eigenvalue weighted by Gasteiger charge is -2.43. The van der Waals surface area contributed by atoms with E-state index in [2.05, 4.69) is 18.9 Å². The maximum absolute atomic E-state index is 13.8. The Morgan fingerprint density at radius 1 is 0.444 bits per heavy atom. The summed E-state index contributed by atoms with van der Waals surface area (Å²) in [4.78, 5) is 0. The lowest BCUT2D eigenvalue weighted by Crippen LogP contribution is -2.75. The minimum atomic E-state index is -8.46. The summed E-state index contributed by atoms with van der Waals surface area (Å²) >= 11 is 0. The van der Waals surface area contributed by atoms with Crippen LogP contribution in [-0.4, -0.2) is 99.2 Å². The molecular formula is C16H14F16O4. The molecule has 0 saturated carbocycles. The Morgan fingerprint density at radius 3 is 0.889 bits per heavy atom. The first-order chi connectivity index (χ1) is 15.9. The molecule has 0 spiro atoms. The summed E-state index contributed by atoms with van der Waals surface area (Å²) in [5, 5.41) is 0. The summed E-state index contributed by atoms with van der Waals surface area (Å²) in [6, 6.07) is 0. The van der Waals surface area contributed by atoms with E-state index in [1.807, 2.05) is 0 Å². The maximum Gasteiger partial charge on any atom is 0.385 e. The number of rotatable bonds is 15. The van der Waals surface area contributed by atoms with Crippen molar-refractivity contribution in [2.75, 3.05) is 39.6 Å². The summed E-state index contributed by atoms with van der Waals surface area (Å²) in [6.45, 7) is -8.03. The van der Waals surface area contributed by atoms with Crippen molar-refractivity contribution in [2.24, 2.45) is 0 Å². The van der Waals surface area contributed by atoms with Gasteiger partial charge in [0.05, 0.1) is 26.4 Å². The highest BCUT2D eigenvalue weighted by atomic mass is 19.4. The molecule has 0 aromatic rings. The van der Waals surface area contributed by atoms with Gasteiger partial charge in [-0.3, -0.25) is 0 Å². The van der Waals surface area contributed by atoms with Gasteiger partial charge >= 0.3 is 47.4 Å². The van der Waals surface area contributed by atoms with Crippen molar-refractivity contribution < 1.29 is 89.2 Å². The molecule has 0 bridgehead atoms. The molecule has 2 aliphatic heterocycles. The van der Waals surface area contributed by atoms with Gasteiger partial charge in [-0.2, -0.15) is 70.2 Å². The van der Waals surface area contributed by atoms with Gasteiger partial charge in [0.2, 0.25) is 0 Å². The van der Waals surface area contributed by atoms with E-state index in [1.54, 1.807) is 0 Å². The van der Waals surface area contributed by atoms with Crippen LogP contribution in [0.4, 0.5) is 70.2 Å². The zero-order chi connectivity index (χ0) is 28.2. The van der Waals surface area contributed by atoms with E-state index in [1.165, 1.54) is 0 Å². The molecule has 4 nitrogen and oxygen atoms in total. The number of alkyl halides is 16. The van der Waals surface area contributed by atoms with Gasteiger partial charge < -0.3 is 18.9 Å². The van der Waals surface area contributed by atoms with Gasteiger partial charge in [-0.25, -0.2) is 0 Å². The molecule has 2 aliphatic rings. The molecule has 0 aromatic heterocycles. The van der Waals surface area contributed by atoms with E-state index >= 15 is 0 Å². The molecule has 2 unspecified atom stereocenters. The number of ether oxygens (including phenoxy) is 4. The Labute approximate surface area is 189 Å². The molecule has 20 heteroatoms. The third-order valence-electron chi connectivity index (χ3n) is 4.87. The Hall–Kier alpha value is -1.28. The van der Waals surface area contributed by atoms with Crippen molar-refractivity contribution in [3.8, 4) is 0 Å². The lowest BCUT2D eigenvalue weighted by molar-refractivity contribution is -0.455. The lowest BCUT2D eigenvalue weighted by atomic mass is 9.88. The summed E-state index contributed by atoms with van der Waals surface area (Å²) < 4.78 is 235. The minimum Gasteiger partial charge on any atom is -0.372 e. The van der Waals surface area contributed by atoms with E-state index in [0.717, 1.165) is 0 Å². The van der Waals surface area contributed by atoms with Crippen LogP contribution in [0.25, 0.3) is 0 Å². The van der Waals surface area contributed by atoms with Crippen molar-refractivity contribution in [2.45, 2.75) is 59.6 Å². The number of halogens is 16. The van der Waals surface area contributed by atoms with Gasteiger partial charge in [0, 0.05) is 0 Å². The Bertz CT molecular complexity index is 714. The normalized spacial score (nSPS) is 22.7. The van der Waals surface area contributed by atoms with Crippen molar-refractivity contribution in [3.05, 3.63) is 0 Å². The van der Waals surface area contributed by atoms with Crippen molar-refractivity contribution in [1.82, 2.24) is 0 Å². The van der Waals surface area contributed by atoms with Crippen LogP contribution in [0.15, 0.2) is 0 Å². The highest BCUT2D eigenvalue weighted by Crippen LogP contribution is 2.63. The van der Waals surface area contributed by atoms with E-state index in [4.69, 9.17) is 0 Å². The highest BCUT2D eigenvalue weighted by molar-refractivity contribution is 5.16. The summed E-state index contributed by atoms with van der Waals surface area (Å²) in [6.07, 6.45) is -1.96. The van der Waals surface area contributed by atoms with Crippen molar-refractivity contribution in [3.63, 3.8) is 0 Å². The van der Waals surface area contributed by atoms with Crippen LogP contribution in [0.2, 0.25) is 0 Å². The average Bonchev–Trinajstić information content (AvgIpc) is 3.62. The van der Waals surface area contributed by atoms with Gasteiger partial charge in [-0.05, 0) is 0 Å². The van der Waals surface area contributed by atoms with Gasteiger partial charge in [0.15, 0.2) is 0 Å². The molecule has 0 N–H and O–H groups in total. The van der Waals surface area contributed by atoms with Crippen molar-refractivity contribution in [1.29, 1.82) is 0 Å². The van der Waals surface area contributed by atoms with Crippen LogP contribution in [0, 0.1) is 0 Å². The van der Waals surface area contributed by atoms with Gasteiger partial charge in [-0.1, -0.05) is 0 Å². The molecule has 0 aromatic carbocycles. The largest absolute Gasteiger partial charge is 0.385 e. The average molecular weight is 574 g/mol. The summed E-state index contributed by atoms with van der Waals surface area (Å²) in [5.41, 5.74) is 0. The predicted molar refractivity (Wildman–Crippen MR) is 80.7 cm³/mol. The molecule has 2 rings (SSSR count). The van der Waals surface area contributed by atoms with E-state index in [-0.39, 0.29) is 13.2 Å². The van der Waals surface area contributed by atoms with Crippen LogP contribution in [0.3, 0.4) is 0 Å². The summed E-state index contributed by atoms with van der Waals surface area (Å²) in [7, 11) is 0. The number of hydrogen-bond donors (Lipinski definition) is 0. The third-order valence-corrected chi connectivity index (χ3v) is 4.87. The first-order valence-electron chi connectivity index (χ1n) is 9.32. The molecule has 36 heavy (non-hydrogen) atoms. The fraction of sp³-hybridized carbons (Fsp3) is 1.00. The van der Waals surface area contributed by atoms with Crippen LogP contribution >= 0.6 is 0 Å². The molecule has 0 aliphatic carbocycles. The Balaban J connectivity index is 2.34. The van der Waals surface area contributed by atoms with Crippen LogP contribution < -0.4 is 0 Å². The molecule has 214 valence electrons. The van der Waals surface area contributed by atoms with E-state index < -0.39 is 86.0 Å². The second-order valence-electron chi connectivity index (χ2n) is 7.80. The second kappa shape index (κ2) is 9.18. The molecule has 0 amide bonds. The number of hydrogen-bond acceptors (Lipinski definition) is 4. The molecule has 2 saturated heterocycles. The number of epoxide rings is 2. The van der Waals surface area contributed by atoms with Crippen molar-refractivity contribution >= 4 is 0 Å². The van der Waals surface area contributed by atoms with Gasteiger partial charge in [0.1, 0.15) is 25.4 Å². The fourth-order valence-electron chi connectivity index (χ4n) is 2.39. The first kappa shape index (κ1) is 30.9. The molecular weight excluding hydrogens is 560 g/mol. The molecule has 2 atom stereocenters. The maximum atomic E-state index is 13.8. The summed E-state index contributed by atoms with van der Waals surface area (Å²) in [5.74, 6) is -61.6. The van der Waals surface area contributed by atoms with E-state index in [9.17, 15) is 70.2 Å². The SMILES string of the molecule is FC(F)(COCC1CO1)C(F)(F)C(F)(F)C(F)(F)C(F)(F)C(F)(F)C(F)(F)C(F)(F)COCC1CO1. The molecule has 0 radical (unpaired) electrons. The monoisotopic (exact) mass is 574 g/mol. The second-order valence-corrected chi connectivity index (χ2v) is 7.80. The van der Waals surface area contributed by atoms with Gasteiger partial charge in [0.25, 0.3) is 0 Å². The third kappa shape index (κ3) is 4.93. The van der Waals surface area contributed by atoms with Crippen LogP contribution in [0.1, 0.15) is 0 Å². The van der Waals surface area contributed by atoms with E-state index in [0.29, 0.717) is 0 Å². The van der Waals surface area contributed by atoms with Crippen LogP contribution in [-0.2, 0) is 18.9 Å². The fourth-order valence-corrected chi connectivity index (χ4v) is 2.39. The zero-order valence-corrected chi connectivity index (χ0v) is 17.1. The smallest absolute Gasteiger partial charge is 0.372 e. The predicted octanol–water partition coefficient (Wildman–Crippen LogP) is 4.90. The topological polar surface area (TPSA) is 43.5 Å². The standard InChI is InChI=1S/C16H14F16O4/c17-9(18,5-33-1-7-3-35-7)11(21,22)13(25,26)15(29,30)16(31,32)14(27,28)12(23,24)10(19,20)6-34-2-8-4-36-8/h7-8H,1-6H2. The van der Waals surface area contributed by atoms with Crippen LogP contribution in [0.5, 0.6) is 0 Å². The quantitative estimate of drug-likeness (QED) is 0.206.